The summed E-state index contributed by atoms with van der Waals surface area (Å²) in [7, 11) is 3.54. The maximum absolute atomic E-state index is 12.5. The van der Waals surface area contributed by atoms with Gasteiger partial charge in [-0.25, -0.2) is 9.50 Å². The van der Waals surface area contributed by atoms with Gasteiger partial charge in [0, 0.05) is 55.7 Å². The van der Waals surface area contributed by atoms with Gasteiger partial charge in [0.15, 0.2) is 0 Å². The highest BCUT2D eigenvalue weighted by Crippen LogP contribution is 2.39. The van der Waals surface area contributed by atoms with Gasteiger partial charge in [0.2, 0.25) is 11.9 Å². The van der Waals surface area contributed by atoms with Gasteiger partial charge in [-0.15, -0.1) is 5.10 Å². The van der Waals surface area contributed by atoms with Crippen LogP contribution in [-0.4, -0.2) is 68.5 Å². The number of anilines is 1. The summed E-state index contributed by atoms with van der Waals surface area (Å²) >= 11 is 0. The zero-order valence-corrected chi connectivity index (χ0v) is 20.6. The third-order valence-corrected chi connectivity index (χ3v) is 7.40. The number of amides is 1. The zero-order chi connectivity index (χ0) is 23.8. The van der Waals surface area contributed by atoms with E-state index in [1.807, 2.05) is 30.3 Å². The lowest BCUT2D eigenvalue weighted by Crippen LogP contribution is -2.24. The summed E-state index contributed by atoms with van der Waals surface area (Å²) in [5.74, 6) is 1.97. The Morgan fingerprint density at radius 2 is 2.00 bits per heavy atom. The molecule has 1 aliphatic heterocycles. The number of aromatic nitrogens is 5. The molecule has 34 heavy (non-hydrogen) atoms. The minimum absolute atomic E-state index is 0.108. The first-order valence-corrected chi connectivity index (χ1v) is 12.4. The maximum atomic E-state index is 12.5. The highest BCUT2D eigenvalue weighted by Gasteiger charge is 2.31. The number of likely N-dealkylation sites (N-methyl/N-ethyl adjacent to an activating group) is 1. The van der Waals surface area contributed by atoms with E-state index in [-0.39, 0.29) is 18.0 Å². The van der Waals surface area contributed by atoms with Crippen LogP contribution >= 0.6 is 0 Å². The first-order valence-electron chi connectivity index (χ1n) is 12.4. The van der Waals surface area contributed by atoms with Gasteiger partial charge in [-0.3, -0.25) is 9.48 Å². The molecular weight excluding hydrogens is 430 g/mol. The number of rotatable bonds is 7. The molecule has 9 heteroatoms. The van der Waals surface area contributed by atoms with Gasteiger partial charge in [-0.2, -0.15) is 5.10 Å². The Hall–Kier alpha value is -2.94. The van der Waals surface area contributed by atoms with Gasteiger partial charge in [0.1, 0.15) is 6.04 Å². The van der Waals surface area contributed by atoms with Gasteiger partial charge >= 0.3 is 0 Å². The number of carbonyl (C=O) groups excluding carboxylic acids is 1. The molecule has 2 atom stereocenters. The number of hydrogen-bond acceptors (Lipinski definition) is 6. The molecule has 2 aliphatic rings. The first-order chi connectivity index (χ1) is 16.4. The highest BCUT2D eigenvalue weighted by molar-refractivity contribution is 5.83. The molecule has 1 saturated heterocycles. The monoisotopic (exact) mass is 465 g/mol. The van der Waals surface area contributed by atoms with Crippen LogP contribution < -0.4 is 5.32 Å². The molecule has 3 aromatic heterocycles. The normalized spacial score (nSPS) is 24.2. The molecule has 182 valence electrons. The summed E-state index contributed by atoms with van der Waals surface area (Å²) in [6.45, 7) is 5.75. The van der Waals surface area contributed by atoms with Crippen LogP contribution in [0.1, 0.15) is 63.6 Å². The van der Waals surface area contributed by atoms with Gasteiger partial charge in [-0.1, -0.05) is 19.8 Å². The summed E-state index contributed by atoms with van der Waals surface area (Å²) in [6, 6.07) is 2.15. The number of ether oxygens (including phenoxy) is 1. The summed E-state index contributed by atoms with van der Waals surface area (Å²) < 4.78 is 9.13. The third kappa shape index (κ3) is 4.29. The minimum Gasteiger partial charge on any atom is -0.383 e. The van der Waals surface area contributed by atoms with Crippen molar-refractivity contribution in [3.63, 3.8) is 0 Å². The van der Waals surface area contributed by atoms with Crippen LogP contribution in [0.5, 0.6) is 0 Å². The first kappa shape index (κ1) is 22.8. The van der Waals surface area contributed by atoms with Crippen LogP contribution in [0.2, 0.25) is 0 Å². The molecule has 1 amide bonds. The lowest BCUT2D eigenvalue weighted by atomic mass is 9.81. The second-order valence-corrected chi connectivity index (χ2v) is 10.1. The maximum Gasteiger partial charge on any atom is 0.247 e. The van der Waals surface area contributed by atoms with E-state index in [4.69, 9.17) is 9.84 Å². The molecule has 2 fully saturated rings. The van der Waals surface area contributed by atoms with Crippen LogP contribution in [0.3, 0.4) is 0 Å². The van der Waals surface area contributed by atoms with E-state index in [1.165, 1.54) is 31.4 Å². The van der Waals surface area contributed by atoms with Crippen molar-refractivity contribution in [3.8, 4) is 11.1 Å². The molecule has 4 heterocycles. The molecule has 1 N–H and O–H groups in total. The summed E-state index contributed by atoms with van der Waals surface area (Å²) in [5.41, 5.74) is 4.25. The van der Waals surface area contributed by atoms with Crippen molar-refractivity contribution in [3.05, 3.63) is 30.4 Å². The molecule has 0 bridgehead atoms. The van der Waals surface area contributed by atoms with Crippen LogP contribution in [0.25, 0.3) is 16.6 Å². The standard InChI is InChI=1S/C25H35N7O2/c1-16-5-7-18(8-6-16)22-11-20(19-12-27-31(14-19)21-9-10-30(3)24(21)33)23-13-26-25(29-32(22)23)28-17(2)15-34-4/h11-14,16-18,21H,5-10,15H2,1-4H3,(H,28,29)/t16-,17-,18-,21+/m0/s1. The number of nitrogens with zero attached hydrogens (tertiary/aromatic N) is 6. The van der Waals surface area contributed by atoms with E-state index >= 15 is 0 Å². The van der Waals surface area contributed by atoms with E-state index in [2.05, 4.69) is 39.8 Å². The van der Waals surface area contributed by atoms with E-state index in [9.17, 15) is 4.79 Å². The lowest BCUT2D eigenvalue weighted by molar-refractivity contribution is -0.129. The van der Waals surface area contributed by atoms with Crippen molar-refractivity contribution in [1.29, 1.82) is 0 Å². The van der Waals surface area contributed by atoms with Crippen molar-refractivity contribution >= 4 is 17.4 Å². The molecule has 0 unspecified atom stereocenters. The van der Waals surface area contributed by atoms with Crippen molar-refractivity contribution in [1.82, 2.24) is 29.3 Å². The quantitative estimate of drug-likeness (QED) is 0.572. The van der Waals surface area contributed by atoms with E-state index in [0.717, 1.165) is 35.5 Å². The Bertz CT molecular complexity index is 1160. The minimum atomic E-state index is -0.221. The van der Waals surface area contributed by atoms with E-state index in [1.54, 1.807) is 12.0 Å². The molecule has 0 spiro atoms. The number of likely N-dealkylation sites (tertiary alicyclic amines) is 1. The molecule has 5 rings (SSSR count). The number of nitrogens with one attached hydrogen (secondary N) is 1. The fourth-order valence-corrected chi connectivity index (χ4v) is 5.37. The zero-order valence-electron chi connectivity index (χ0n) is 20.6. The van der Waals surface area contributed by atoms with Crippen molar-refractivity contribution in [2.75, 3.05) is 32.6 Å². The molecule has 1 aliphatic carbocycles. The summed E-state index contributed by atoms with van der Waals surface area (Å²) in [5, 5.41) is 12.8. The summed E-state index contributed by atoms with van der Waals surface area (Å²) in [6.07, 6.45) is 11.4. The number of hydrogen-bond donors (Lipinski definition) is 1. The van der Waals surface area contributed by atoms with Crippen LogP contribution in [0, 0.1) is 5.92 Å². The average molecular weight is 466 g/mol. The molecule has 9 nitrogen and oxygen atoms in total. The van der Waals surface area contributed by atoms with Crippen LogP contribution in [0.4, 0.5) is 5.95 Å². The fraction of sp³-hybridized carbons (Fsp3) is 0.600. The van der Waals surface area contributed by atoms with Gasteiger partial charge < -0.3 is 15.0 Å². The second-order valence-electron chi connectivity index (χ2n) is 10.1. The topological polar surface area (TPSA) is 89.6 Å². The van der Waals surface area contributed by atoms with Gasteiger partial charge in [0.25, 0.3) is 0 Å². The highest BCUT2D eigenvalue weighted by atomic mass is 16.5. The van der Waals surface area contributed by atoms with Crippen molar-refractivity contribution in [2.45, 2.75) is 64.0 Å². The predicted molar refractivity (Wildman–Crippen MR) is 131 cm³/mol. The Kier molecular flexibility index (Phi) is 6.29. The number of methoxy groups -OCH3 is 1. The third-order valence-electron chi connectivity index (χ3n) is 7.40. The predicted octanol–water partition coefficient (Wildman–Crippen LogP) is 3.74. The molecule has 1 saturated carbocycles. The van der Waals surface area contributed by atoms with Crippen LogP contribution in [0.15, 0.2) is 24.7 Å². The Morgan fingerprint density at radius 1 is 1.21 bits per heavy atom. The van der Waals surface area contributed by atoms with Crippen LogP contribution in [-0.2, 0) is 9.53 Å². The van der Waals surface area contributed by atoms with Crippen molar-refractivity contribution < 1.29 is 9.53 Å². The number of carbonyl (C=O) groups is 1. The summed E-state index contributed by atoms with van der Waals surface area (Å²) in [4.78, 5) is 18.9. The smallest absolute Gasteiger partial charge is 0.247 e. The number of fused-ring (bicyclic) bond motifs is 1. The molecule has 3 aromatic rings. The van der Waals surface area contributed by atoms with E-state index < -0.39 is 0 Å². The molecule has 0 aromatic carbocycles. The largest absolute Gasteiger partial charge is 0.383 e. The lowest BCUT2D eigenvalue weighted by Gasteiger charge is -2.25. The average Bonchev–Trinajstić information content (AvgIpc) is 3.52. The van der Waals surface area contributed by atoms with Crippen molar-refractivity contribution in [2.24, 2.45) is 5.92 Å². The SMILES string of the molecule is COC[C@H](C)Nc1ncc2c(-c3cnn([C@@H]4CCN(C)C4=O)c3)cc([C@H]3CC[C@H](C)CC3)n2n1. The Labute approximate surface area is 200 Å². The Morgan fingerprint density at radius 3 is 2.71 bits per heavy atom. The fourth-order valence-electron chi connectivity index (χ4n) is 5.37. The van der Waals surface area contributed by atoms with Gasteiger partial charge in [-0.05, 0) is 38.2 Å². The van der Waals surface area contributed by atoms with Gasteiger partial charge in [0.05, 0.1) is 24.5 Å². The Balaban J connectivity index is 1.52. The second kappa shape index (κ2) is 9.37. The molecular formula is C25H35N7O2. The van der Waals surface area contributed by atoms with E-state index in [0.29, 0.717) is 18.5 Å². The molecule has 0 radical (unpaired) electrons.